The van der Waals surface area contributed by atoms with Gasteiger partial charge in [0.15, 0.2) is 0 Å². The minimum absolute atomic E-state index is 0.524. The molecule has 1 N–H and O–H groups in total. The standard InChI is InChI=1S/C13H25N3/c1-5-8-16-9-7-15-13(16)11(3)10-12(4)14-6-2/h7,9,11-12,14H,5-6,8,10H2,1-4H3. The molecule has 0 aliphatic rings. The summed E-state index contributed by atoms with van der Waals surface area (Å²) in [6.07, 6.45) is 6.32. The Bertz CT molecular complexity index is 293. The molecule has 0 fully saturated rings. The van der Waals surface area contributed by atoms with Crippen LogP contribution in [0.4, 0.5) is 0 Å². The lowest BCUT2D eigenvalue weighted by Gasteiger charge is -2.18. The van der Waals surface area contributed by atoms with Gasteiger partial charge in [-0.05, 0) is 26.3 Å². The van der Waals surface area contributed by atoms with Gasteiger partial charge in [-0.25, -0.2) is 4.98 Å². The minimum atomic E-state index is 0.524. The van der Waals surface area contributed by atoms with E-state index in [1.54, 1.807) is 0 Å². The van der Waals surface area contributed by atoms with Crippen molar-refractivity contribution < 1.29 is 0 Å². The fraction of sp³-hybridized carbons (Fsp3) is 0.769. The Morgan fingerprint density at radius 1 is 1.38 bits per heavy atom. The maximum Gasteiger partial charge on any atom is 0.111 e. The molecule has 1 aromatic rings. The van der Waals surface area contributed by atoms with Crippen molar-refractivity contribution in [2.24, 2.45) is 0 Å². The number of hydrogen-bond acceptors (Lipinski definition) is 2. The zero-order valence-corrected chi connectivity index (χ0v) is 11.0. The first kappa shape index (κ1) is 13.2. The number of hydrogen-bond donors (Lipinski definition) is 1. The van der Waals surface area contributed by atoms with E-state index in [2.05, 4.69) is 48.8 Å². The predicted molar refractivity (Wildman–Crippen MR) is 68.7 cm³/mol. The molecular weight excluding hydrogens is 198 g/mol. The van der Waals surface area contributed by atoms with E-state index in [4.69, 9.17) is 0 Å². The van der Waals surface area contributed by atoms with Gasteiger partial charge < -0.3 is 9.88 Å². The van der Waals surface area contributed by atoms with Gasteiger partial charge in [0.1, 0.15) is 5.82 Å². The van der Waals surface area contributed by atoms with E-state index in [0.29, 0.717) is 12.0 Å². The maximum atomic E-state index is 4.48. The van der Waals surface area contributed by atoms with Gasteiger partial charge in [0.25, 0.3) is 0 Å². The van der Waals surface area contributed by atoms with Gasteiger partial charge in [-0.2, -0.15) is 0 Å². The molecule has 3 heteroatoms. The number of aromatic nitrogens is 2. The second-order valence-corrected chi connectivity index (χ2v) is 4.57. The van der Waals surface area contributed by atoms with Crippen molar-refractivity contribution in [1.29, 1.82) is 0 Å². The van der Waals surface area contributed by atoms with Crippen molar-refractivity contribution in [2.45, 2.75) is 59.0 Å². The Hall–Kier alpha value is -0.830. The smallest absolute Gasteiger partial charge is 0.111 e. The lowest BCUT2D eigenvalue weighted by atomic mass is 10.0. The average Bonchev–Trinajstić information content (AvgIpc) is 2.66. The van der Waals surface area contributed by atoms with Crippen molar-refractivity contribution in [3.8, 4) is 0 Å². The Morgan fingerprint density at radius 2 is 2.12 bits per heavy atom. The minimum Gasteiger partial charge on any atom is -0.335 e. The van der Waals surface area contributed by atoms with Crippen molar-refractivity contribution >= 4 is 0 Å². The molecule has 0 aliphatic carbocycles. The highest BCUT2D eigenvalue weighted by Crippen LogP contribution is 2.19. The summed E-state index contributed by atoms with van der Waals surface area (Å²) in [5.41, 5.74) is 0. The van der Waals surface area contributed by atoms with Crippen LogP contribution in [0.1, 0.15) is 52.3 Å². The molecule has 1 rings (SSSR count). The first-order valence-corrected chi connectivity index (χ1v) is 6.43. The van der Waals surface area contributed by atoms with Gasteiger partial charge in [0.05, 0.1) is 0 Å². The molecule has 0 aromatic carbocycles. The molecule has 92 valence electrons. The topological polar surface area (TPSA) is 29.9 Å². The van der Waals surface area contributed by atoms with E-state index in [0.717, 1.165) is 19.5 Å². The summed E-state index contributed by atoms with van der Waals surface area (Å²) in [5, 5.41) is 3.45. The van der Waals surface area contributed by atoms with Crippen molar-refractivity contribution in [2.75, 3.05) is 6.54 Å². The third-order valence-corrected chi connectivity index (χ3v) is 2.91. The number of aryl methyl sites for hydroxylation is 1. The second-order valence-electron chi connectivity index (χ2n) is 4.57. The summed E-state index contributed by atoms with van der Waals surface area (Å²) in [6, 6.07) is 0.562. The third-order valence-electron chi connectivity index (χ3n) is 2.91. The highest BCUT2D eigenvalue weighted by Gasteiger charge is 2.14. The molecule has 0 amide bonds. The Morgan fingerprint density at radius 3 is 2.75 bits per heavy atom. The quantitative estimate of drug-likeness (QED) is 0.770. The molecule has 0 saturated carbocycles. The lowest BCUT2D eigenvalue weighted by molar-refractivity contribution is 0.466. The first-order chi connectivity index (χ1) is 7.69. The molecular formula is C13H25N3. The zero-order valence-electron chi connectivity index (χ0n) is 11.0. The van der Waals surface area contributed by atoms with Crippen LogP contribution in [0.15, 0.2) is 12.4 Å². The first-order valence-electron chi connectivity index (χ1n) is 6.43. The number of nitrogens with one attached hydrogen (secondary N) is 1. The number of imidazole rings is 1. The van der Waals surface area contributed by atoms with Crippen LogP contribution in [0.5, 0.6) is 0 Å². The monoisotopic (exact) mass is 223 g/mol. The van der Waals surface area contributed by atoms with Gasteiger partial charge in [0, 0.05) is 30.9 Å². The maximum absolute atomic E-state index is 4.48. The summed E-state index contributed by atoms with van der Waals surface area (Å²) >= 11 is 0. The average molecular weight is 223 g/mol. The molecule has 2 atom stereocenters. The summed E-state index contributed by atoms with van der Waals surface area (Å²) < 4.78 is 2.28. The molecule has 0 spiro atoms. The second kappa shape index (κ2) is 6.69. The summed E-state index contributed by atoms with van der Waals surface area (Å²) in [7, 11) is 0. The molecule has 16 heavy (non-hydrogen) atoms. The summed E-state index contributed by atoms with van der Waals surface area (Å²) in [5.74, 6) is 1.75. The zero-order chi connectivity index (χ0) is 12.0. The molecule has 0 saturated heterocycles. The SMILES string of the molecule is CCCn1ccnc1C(C)CC(C)NCC. The van der Waals surface area contributed by atoms with Crippen LogP contribution >= 0.6 is 0 Å². The normalized spacial score (nSPS) is 15.0. The number of nitrogens with zero attached hydrogens (tertiary/aromatic N) is 2. The molecule has 1 aromatic heterocycles. The van der Waals surface area contributed by atoms with Crippen LogP contribution in [0.25, 0.3) is 0 Å². The third kappa shape index (κ3) is 3.63. The van der Waals surface area contributed by atoms with Crippen LogP contribution < -0.4 is 5.32 Å². The van der Waals surface area contributed by atoms with Crippen molar-refractivity contribution in [1.82, 2.24) is 14.9 Å². The van der Waals surface area contributed by atoms with E-state index in [1.165, 1.54) is 12.2 Å². The van der Waals surface area contributed by atoms with Gasteiger partial charge >= 0.3 is 0 Å². The van der Waals surface area contributed by atoms with E-state index in [9.17, 15) is 0 Å². The van der Waals surface area contributed by atoms with E-state index in [1.807, 2.05) is 6.20 Å². The van der Waals surface area contributed by atoms with E-state index < -0.39 is 0 Å². The van der Waals surface area contributed by atoms with Gasteiger partial charge in [0.2, 0.25) is 0 Å². The molecule has 3 nitrogen and oxygen atoms in total. The predicted octanol–water partition coefficient (Wildman–Crippen LogP) is 2.78. The van der Waals surface area contributed by atoms with Gasteiger partial charge in [-0.3, -0.25) is 0 Å². The van der Waals surface area contributed by atoms with Crippen LogP contribution in [-0.4, -0.2) is 22.1 Å². The van der Waals surface area contributed by atoms with E-state index >= 15 is 0 Å². The largest absolute Gasteiger partial charge is 0.335 e. The Kier molecular flexibility index (Phi) is 5.53. The van der Waals surface area contributed by atoms with Crippen molar-refractivity contribution in [3.05, 3.63) is 18.2 Å². The van der Waals surface area contributed by atoms with Crippen LogP contribution in [-0.2, 0) is 6.54 Å². The summed E-state index contributed by atoms with van der Waals surface area (Å²) in [4.78, 5) is 4.48. The fourth-order valence-corrected chi connectivity index (χ4v) is 2.25. The highest BCUT2D eigenvalue weighted by atomic mass is 15.1. The molecule has 1 heterocycles. The summed E-state index contributed by atoms with van der Waals surface area (Å²) in [6.45, 7) is 11.0. The van der Waals surface area contributed by atoms with Crippen LogP contribution in [0, 0.1) is 0 Å². The van der Waals surface area contributed by atoms with Gasteiger partial charge in [-0.15, -0.1) is 0 Å². The van der Waals surface area contributed by atoms with Crippen LogP contribution in [0.2, 0.25) is 0 Å². The molecule has 0 bridgehead atoms. The Balaban J connectivity index is 2.57. The van der Waals surface area contributed by atoms with Crippen molar-refractivity contribution in [3.63, 3.8) is 0 Å². The Labute approximate surface area is 99.3 Å². The van der Waals surface area contributed by atoms with Crippen LogP contribution in [0.3, 0.4) is 0 Å². The molecule has 0 radical (unpaired) electrons. The molecule has 0 aliphatic heterocycles. The highest BCUT2D eigenvalue weighted by molar-refractivity contribution is 4.99. The fourth-order valence-electron chi connectivity index (χ4n) is 2.25. The number of rotatable bonds is 7. The van der Waals surface area contributed by atoms with Gasteiger partial charge in [-0.1, -0.05) is 20.8 Å². The van der Waals surface area contributed by atoms with E-state index in [-0.39, 0.29) is 0 Å². The lowest BCUT2D eigenvalue weighted by Crippen LogP contribution is -2.27. The molecule has 2 unspecified atom stereocenters.